The third-order valence-corrected chi connectivity index (χ3v) is 4.03. The van der Waals surface area contributed by atoms with Crippen LogP contribution in [0.25, 0.3) is 0 Å². The van der Waals surface area contributed by atoms with Crippen LogP contribution < -0.4 is 0 Å². The fraction of sp³-hybridized carbons (Fsp3) is 0.529. The average Bonchev–Trinajstić information content (AvgIpc) is 2.84. The molecule has 1 atom stereocenters. The minimum absolute atomic E-state index is 0.0336. The summed E-state index contributed by atoms with van der Waals surface area (Å²) in [6, 6.07) is 9.72. The summed E-state index contributed by atoms with van der Waals surface area (Å²) in [5, 5.41) is 17.8. The molecule has 0 aliphatic carbocycles. The molecular weight excluding hydrogens is 290 g/mol. The largest absolute Gasteiger partial charge is 0.336 e. The van der Waals surface area contributed by atoms with Gasteiger partial charge in [0.05, 0.1) is 18.1 Å². The Morgan fingerprint density at radius 1 is 1.26 bits per heavy atom. The van der Waals surface area contributed by atoms with Crippen molar-refractivity contribution in [2.24, 2.45) is 5.92 Å². The van der Waals surface area contributed by atoms with E-state index in [9.17, 15) is 10.1 Å². The van der Waals surface area contributed by atoms with Crippen molar-refractivity contribution in [3.8, 4) is 12.1 Å². The molecule has 0 bridgehead atoms. The van der Waals surface area contributed by atoms with Gasteiger partial charge >= 0.3 is 0 Å². The topological polar surface area (TPSA) is 84.0 Å². The lowest BCUT2D eigenvalue weighted by molar-refractivity contribution is 0.0755. The lowest BCUT2D eigenvalue weighted by Gasteiger charge is -2.23. The van der Waals surface area contributed by atoms with Gasteiger partial charge in [0.2, 0.25) is 0 Å². The van der Waals surface area contributed by atoms with Gasteiger partial charge in [-0.25, -0.2) is 0 Å². The molecule has 1 aliphatic rings. The zero-order valence-corrected chi connectivity index (χ0v) is 13.2. The molecular formula is C17H21N5O. The van der Waals surface area contributed by atoms with Crippen molar-refractivity contribution in [2.45, 2.75) is 19.3 Å². The Hall–Kier alpha value is -2.44. The summed E-state index contributed by atoms with van der Waals surface area (Å²) in [6.45, 7) is 3.65. The number of nitrogens with zero attached hydrogens (tertiary/aromatic N) is 5. The van der Waals surface area contributed by atoms with E-state index in [0.717, 1.165) is 19.5 Å². The summed E-state index contributed by atoms with van der Waals surface area (Å²) < 4.78 is 0. The SMILES string of the molecule is N#CCCC(C#N)CN1CCCN(C(=O)c2ccccn2)CC1. The van der Waals surface area contributed by atoms with E-state index < -0.39 is 0 Å². The second-order valence-electron chi connectivity index (χ2n) is 5.68. The van der Waals surface area contributed by atoms with Crippen LogP contribution >= 0.6 is 0 Å². The number of aromatic nitrogens is 1. The van der Waals surface area contributed by atoms with Gasteiger partial charge in [-0.3, -0.25) is 9.78 Å². The van der Waals surface area contributed by atoms with Gasteiger partial charge in [0.15, 0.2) is 0 Å². The molecule has 0 aromatic carbocycles. The number of hydrogen-bond donors (Lipinski definition) is 0. The van der Waals surface area contributed by atoms with Crippen LogP contribution in [0.4, 0.5) is 0 Å². The first-order valence-corrected chi connectivity index (χ1v) is 7.94. The van der Waals surface area contributed by atoms with Crippen LogP contribution in [0.3, 0.4) is 0 Å². The van der Waals surface area contributed by atoms with Gasteiger partial charge in [-0.15, -0.1) is 0 Å². The van der Waals surface area contributed by atoms with E-state index >= 15 is 0 Å². The Balaban J connectivity index is 1.88. The predicted molar refractivity (Wildman–Crippen MR) is 85.1 cm³/mol. The van der Waals surface area contributed by atoms with Gasteiger partial charge in [-0.2, -0.15) is 10.5 Å². The van der Waals surface area contributed by atoms with Crippen LogP contribution in [0.2, 0.25) is 0 Å². The fourth-order valence-corrected chi connectivity index (χ4v) is 2.75. The lowest BCUT2D eigenvalue weighted by Crippen LogP contribution is -2.36. The van der Waals surface area contributed by atoms with Crippen molar-refractivity contribution >= 4 is 5.91 Å². The van der Waals surface area contributed by atoms with Gasteiger partial charge in [-0.05, 0) is 31.5 Å². The minimum Gasteiger partial charge on any atom is -0.336 e. The van der Waals surface area contributed by atoms with Crippen molar-refractivity contribution in [2.75, 3.05) is 32.7 Å². The fourth-order valence-electron chi connectivity index (χ4n) is 2.75. The number of carbonyl (C=O) groups is 1. The summed E-state index contributed by atoms with van der Waals surface area (Å²) in [6.07, 6.45) is 3.54. The van der Waals surface area contributed by atoms with Crippen LogP contribution in [0.15, 0.2) is 24.4 Å². The quantitative estimate of drug-likeness (QED) is 0.826. The first kappa shape index (κ1) is 16.9. The van der Waals surface area contributed by atoms with Crippen molar-refractivity contribution < 1.29 is 4.79 Å². The van der Waals surface area contributed by atoms with Gasteiger partial charge in [0.25, 0.3) is 5.91 Å². The lowest BCUT2D eigenvalue weighted by atomic mass is 10.0. The standard InChI is InChI=1S/C17H21N5O/c18-7-3-5-15(13-19)14-21-9-4-10-22(12-11-21)17(23)16-6-1-2-8-20-16/h1-2,6,8,15H,3-5,9-12,14H2. The van der Waals surface area contributed by atoms with E-state index in [1.165, 1.54) is 0 Å². The number of rotatable bonds is 5. The van der Waals surface area contributed by atoms with Crippen LogP contribution in [0.5, 0.6) is 0 Å². The van der Waals surface area contributed by atoms with Gasteiger partial charge < -0.3 is 9.80 Å². The zero-order valence-electron chi connectivity index (χ0n) is 13.2. The van der Waals surface area contributed by atoms with Crippen molar-refractivity contribution in [3.63, 3.8) is 0 Å². The van der Waals surface area contributed by atoms with Crippen LogP contribution in [-0.2, 0) is 0 Å². The number of pyridine rings is 1. The number of amides is 1. The monoisotopic (exact) mass is 311 g/mol. The molecule has 1 fully saturated rings. The molecule has 6 heteroatoms. The molecule has 1 aliphatic heterocycles. The van der Waals surface area contributed by atoms with E-state index in [1.54, 1.807) is 18.3 Å². The van der Waals surface area contributed by atoms with Gasteiger partial charge in [0, 0.05) is 38.8 Å². The van der Waals surface area contributed by atoms with Gasteiger partial charge in [0.1, 0.15) is 5.69 Å². The van der Waals surface area contributed by atoms with E-state index in [1.807, 2.05) is 11.0 Å². The molecule has 1 amide bonds. The van der Waals surface area contributed by atoms with Crippen molar-refractivity contribution in [1.29, 1.82) is 10.5 Å². The van der Waals surface area contributed by atoms with Crippen molar-refractivity contribution in [3.05, 3.63) is 30.1 Å². The molecule has 0 saturated carbocycles. The van der Waals surface area contributed by atoms with Crippen LogP contribution in [0.1, 0.15) is 29.8 Å². The molecule has 1 saturated heterocycles. The van der Waals surface area contributed by atoms with E-state index in [-0.39, 0.29) is 11.8 Å². The molecule has 0 radical (unpaired) electrons. The summed E-state index contributed by atoms with van der Waals surface area (Å²) in [7, 11) is 0. The first-order chi connectivity index (χ1) is 11.2. The zero-order chi connectivity index (χ0) is 16.5. The number of carbonyl (C=O) groups excluding carboxylic acids is 1. The van der Waals surface area contributed by atoms with Crippen LogP contribution in [0, 0.1) is 28.6 Å². The van der Waals surface area contributed by atoms with Gasteiger partial charge in [-0.1, -0.05) is 6.07 Å². The molecule has 0 spiro atoms. The summed E-state index contributed by atoms with van der Waals surface area (Å²) in [5.74, 6) is -0.151. The highest BCUT2D eigenvalue weighted by molar-refractivity contribution is 5.92. The minimum atomic E-state index is -0.118. The maximum absolute atomic E-state index is 12.4. The maximum Gasteiger partial charge on any atom is 0.272 e. The molecule has 6 nitrogen and oxygen atoms in total. The first-order valence-electron chi connectivity index (χ1n) is 7.94. The average molecular weight is 311 g/mol. The summed E-state index contributed by atoms with van der Waals surface area (Å²) >= 11 is 0. The highest BCUT2D eigenvalue weighted by Gasteiger charge is 2.22. The second kappa shape index (κ2) is 8.87. The number of nitriles is 2. The van der Waals surface area contributed by atoms with E-state index in [4.69, 9.17) is 5.26 Å². The normalized spacial score (nSPS) is 16.9. The second-order valence-corrected chi connectivity index (χ2v) is 5.68. The molecule has 2 heterocycles. The molecule has 1 unspecified atom stereocenters. The van der Waals surface area contributed by atoms with E-state index in [2.05, 4.69) is 22.0 Å². The highest BCUT2D eigenvalue weighted by atomic mass is 16.2. The molecule has 0 N–H and O–H groups in total. The molecule has 120 valence electrons. The van der Waals surface area contributed by atoms with Crippen molar-refractivity contribution in [1.82, 2.24) is 14.8 Å². The Morgan fingerprint density at radius 3 is 2.83 bits per heavy atom. The van der Waals surface area contributed by atoms with E-state index in [0.29, 0.717) is 38.2 Å². The van der Waals surface area contributed by atoms with Crippen LogP contribution in [-0.4, -0.2) is 53.4 Å². The smallest absolute Gasteiger partial charge is 0.272 e. The molecule has 23 heavy (non-hydrogen) atoms. The Bertz CT molecular complexity index is 589. The highest BCUT2D eigenvalue weighted by Crippen LogP contribution is 2.12. The summed E-state index contributed by atoms with van der Waals surface area (Å²) in [5.41, 5.74) is 0.477. The molecule has 1 aromatic heterocycles. The Morgan fingerprint density at radius 2 is 2.13 bits per heavy atom. The Kier molecular flexibility index (Phi) is 6.53. The predicted octanol–water partition coefficient (Wildman–Crippen LogP) is 1.67. The number of hydrogen-bond acceptors (Lipinski definition) is 5. The third kappa shape index (κ3) is 5.05. The maximum atomic E-state index is 12.4. The summed E-state index contributed by atoms with van der Waals surface area (Å²) in [4.78, 5) is 20.6. The Labute approximate surface area is 136 Å². The molecule has 2 rings (SSSR count). The third-order valence-electron chi connectivity index (χ3n) is 4.03. The molecule has 1 aromatic rings.